The lowest BCUT2D eigenvalue weighted by Crippen LogP contribution is -1.94. The van der Waals surface area contributed by atoms with Crippen molar-refractivity contribution in [2.75, 3.05) is 0 Å². The fourth-order valence-corrected chi connectivity index (χ4v) is 1.44. The predicted molar refractivity (Wildman–Crippen MR) is 53.1 cm³/mol. The third-order valence-corrected chi connectivity index (χ3v) is 2.36. The van der Waals surface area contributed by atoms with Gasteiger partial charge < -0.3 is 4.79 Å². The van der Waals surface area contributed by atoms with E-state index in [1.165, 1.54) is 6.07 Å². The smallest absolute Gasteiger partial charge is 0.137 e. The number of carbonyl (C=O) groups excluding carboxylic acids is 1. The SMILES string of the molecule is CC(=O)CCc1ccc(F)c(Br)c1. The molecule has 0 heterocycles. The van der Waals surface area contributed by atoms with Crippen LogP contribution in [0.2, 0.25) is 0 Å². The lowest BCUT2D eigenvalue weighted by atomic mass is 10.1. The molecule has 0 aromatic heterocycles. The van der Waals surface area contributed by atoms with E-state index in [0.717, 1.165) is 5.56 Å². The molecule has 1 rings (SSSR count). The van der Waals surface area contributed by atoms with E-state index < -0.39 is 0 Å². The average molecular weight is 245 g/mol. The Morgan fingerprint density at radius 1 is 1.54 bits per heavy atom. The molecule has 0 radical (unpaired) electrons. The van der Waals surface area contributed by atoms with Crippen LogP contribution >= 0.6 is 15.9 Å². The van der Waals surface area contributed by atoms with Gasteiger partial charge in [0, 0.05) is 6.42 Å². The summed E-state index contributed by atoms with van der Waals surface area (Å²) < 4.78 is 13.2. The van der Waals surface area contributed by atoms with Crippen LogP contribution in [0.1, 0.15) is 18.9 Å². The monoisotopic (exact) mass is 244 g/mol. The normalized spacial score (nSPS) is 10.1. The first-order chi connectivity index (χ1) is 6.09. The number of ketones is 1. The quantitative estimate of drug-likeness (QED) is 0.799. The number of hydrogen-bond donors (Lipinski definition) is 0. The van der Waals surface area contributed by atoms with Crippen molar-refractivity contribution in [1.29, 1.82) is 0 Å². The van der Waals surface area contributed by atoms with Crippen molar-refractivity contribution >= 4 is 21.7 Å². The highest BCUT2D eigenvalue weighted by Gasteiger charge is 2.01. The minimum absolute atomic E-state index is 0.153. The molecule has 0 saturated carbocycles. The molecule has 0 saturated heterocycles. The average Bonchev–Trinajstić information content (AvgIpc) is 2.07. The van der Waals surface area contributed by atoms with Gasteiger partial charge in [-0.3, -0.25) is 0 Å². The molecule has 1 aromatic rings. The molecular formula is C10H10BrFO. The zero-order valence-electron chi connectivity index (χ0n) is 7.31. The molecule has 0 bridgehead atoms. The van der Waals surface area contributed by atoms with Crippen molar-refractivity contribution in [3.8, 4) is 0 Å². The Labute approximate surface area is 85.1 Å². The van der Waals surface area contributed by atoms with Crippen molar-refractivity contribution in [3.05, 3.63) is 34.1 Å². The Kier molecular flexibility index (Phi) is 3.60. The van der Waals surface area contributed by atoms with E-state index in [4.69, 9.17) is 0 Å². The number of carbonyl (C=O) groups is 1. The highest BCUT2D eigenvalue weighted by Crippen LogP contribution is 2.17. The summed E-state index contributed by atoms with van der Waals surface area (Å²) in [7, 11) is 0. The van der Waals surface area contributed by atoms with E-state index in [9.17, 15) is 9.18 Å². The number of benzene rings is 1. The molecule has 0 N–H and O–H groups in total. The van der Waals surface area contributed by atoms with E-state index >= 15 is 0 Å². The molecule has 0 spiro atoms. The Hall–Kier alpha value is -0.700. The molecule has 3 heteroatoms. The molecule has 13 heavy (non-hydrogen) atoms. The Balaban J connectivity index is 2.68. The second-order valence-corrected chi connectivity index (χ2v) is 3.80. The van der Waals surface area contributed by atoms with Crippen molar-refractivity contribution in [1.82, 2.24) is 0 Å². The van der Waals surface area contributed by atoms with Crippen LogP contribution in [0.3, 0.4) is 0 Å². The molecule has 0 aliphatic carbocycles. The number of aryl methyl sites for hydroxylation is 1. The number of hydrogen-bond acceptors (Lipinski definition) is 1. The van der Waals surface area contributed by atoms with Crippen LogP contribution in [-0.2, 0) is 11.2 Å². The maximum atomic E-state index is 12.8. The van der Waals surface area contributed by atoms with Gasteiger partial charge >= 0.3 is 0 Å². The summed E-state index contributed by atoms with van der Waals surface area (Å²) in [5.74, 6) is -0.118. The van der Waals surface area contributed by atoms with Crippen LogP contribution in [0.5, 0.6) is 0 Å². The first-order valence-corrected chi connectivity index (χ1v) is 4.82. The molecular weight excluding hydrogens is 235 g/mol. The van der Waals surface area contributed by atoms with Gasteiger partial charge in [-0.25, -0.2) is 4.39 Å². The molecule has 1 nitrogen and oxygen atoms in total. The summed E-state index contributed by atoms with van der Waals surface area (Å²) in [6, 6.07) is 4.81. The lowest BCUT2D eigenvalue weighted by molar-refractivity contribution is -0.116. The highest BCUT2D eigenvalue weighted by molar-refractivity contribution is 9.10. The molecule has 70 valence electrons. The van der Waals surface area contributed by atoms with Gasteiger partial charge in [-0.2, -0.15) is 0 Å². The van der Waals surface area contributed by atoms with E-state index in [0.29, 0.717) is 17.3 Å². The fraction of sp³-hybridized carbons (Fsp3) is 0.300. The first-order valence-electron chi connectivity index (χ1n) is 4.03. The molecule has 0 fully saturated rings. The Morgan fingerprint density at radius 3 is 2.77 bits per heavy atom. The molecule has 0 atom stereocenters. The van der Waals surface area contributed by atoms with Crippen LogP contribution in [0.4, 0.5) is 4.39 Å². The zero-order valence-corrected chi connectivity index (χ0v) is 8.90. The largest absolute Gasteiger partial charge is 0.300 e. The summed E-state index contributed by atoms with van der Waals surface area (Å²) in [5.41, 5.74) is 0.975. The third kappa shape index (κ3) is 3.27. The van der Waals surface area contributed by atoms with Crippen LogP contribution in [0.15, 0.2) is 22.7 Å². The standard InChI is InChI=1S/C10H10BrFO/c1-7(13)2-3-8-4-5-10(12)9(11)6-8/h4-6H,2-3H2,1H3. The fourth-order valence-electron chi connectivity index (χ4n) is 1.02. The van der Waals surface area contributed by atoms with Crippen molar-refractivity contribution < 1.29 is 9.18 Å². The van der Waals surface area contributed by atoms with Gasteiger partial charge in [0.25, 0.3) is 0 Å². The molecule has 0 amide bonds. The molecule has 0 aliphatic heterocycles. The van der Waals surface area contributed by atoms with Gasteiger partial charge in [0.2, 0.25) is 0 Å². The van der Waals surface area contributed by atoms with E-state index in [1.54, 1.807) is 19.1 Å². The second kappa shape index (κ2) is 4.51. The van der Waals surface area contributed by atoms with Gasteiger partial charge in [0.1, 0.15) is 11.6 Å². The maximum Gasteiger partial charge on any atom is 0.137 e. The number of halogens is 2. The minimum Gasteiger partial charge on any atom is -0.300 e. The van der Waals surface area contributed by atoms with Gasteiger partial charge in [0.15, 0.2) is 0 Å². The van der Waals surface area contributed by atoms with Crippen LogP contribution in [0.25, 0.3) is 0 Å². The van der Waals surface area contributed by atoms with Gasteiger partial charge in [-0.05, 0) is 47.0 Å². The van der Waals surface area contributed by atoms with Crippen LogP contribution in [0, 0.1) is 5.82 Å². The van der Waals surface area contributed by atoms with Gasteiger partial charge in [-0.1, -0.05) is 6.07 Å². The predicted octanol–water partition coefficient (Wildman–Crippen LogP) is 3.11. The molecule has 0 unspecified atom stereocenters. The lowest BCUT2D eigenvalue weighted by Gasteiger charge is -2.00. The third-order valence-electron chi connectivity index (χ3n) is 1.75. The van der Waals surface area contributed by atoms with Crippen LogP contribution in [-0.4, -0.2) is 5.78 Å². The Morgan fingerprint density at radius 2 is 2.23 bits per heavy atom. The van der Waals surface area contributed by atoms with Crippen LogP contribution < -0.4 is 0 Å². The zero-order chi connectivity index (χ0) is 9.84. The summed E-state index contributed by atoms with van der Waals surface area (Å²) in [4.78, 5) is 10.7. The van der Waals surface area contributed by atoms with E-state index in [1.807, 2.05) is 0 Å². The first kappa shape index (κ1) is 10.4. The summed E-state index contributed by atoms with van der Waals surface area (Å²) in [5, 5.41) is 0. The van der Waals surface area contributed by atoms with Gasteiger partial charge in [0.05, 0.1) is 4.47 Å². The molecule has 1 aromatic carbocycles. The maximum absolute atomic E-state index is 12.8. The molecule has 0 aliphatic rings. The number of rotatable bonds is 3. The topological polar surface area (TPSA) is 17.1 Å². The Bertz CT molecular complexity index is 323. The second-order valence-electron chi connectivity index (χ2n) is 2.95. The van der Waals surface area contributed by atoms with Crippen molar-refractivity contribution in [3.63, 3.8) is 0 Å². The minimum atomic E-state index is -0.272. The van der Waals surface area contributed by atoms with E-state index in [-0.39, 0.29) is 11.6 Å². The van der Waals surface area contributed by atoms with Crippen molar-refractivity contribution in [2.24, 2.45) is 0 Å². The van der Waals surface area contributed by atoms with Gasteiger partial charge in [-0.15, -0.1) is 0 Å². The summed E-state index contributed by atoms with van der Waals surface area (Å²) in [6.45, 7) is 1.55. The van der Waals surface area contributed by atoms with E-state index in [2.05, 4.69) is 15.9 Å². The summed E-state index contributed by atoms with van der Waals surface area (Å²) >= 11 is 3.09. The summed E-state index contributed by atoms with van der Waals surface area (Å²) in [6.07, 6.45) is 1.19. The highest BCUT2D eigenvalue weighted by atomic mass is 79.9. The number of Topliss-reactive ketones (excluding diaryl/α,β-unsaturated/α-hetero) is 1. The van der Waals surface area contributed by atoms with Crippen molar-refractivity contribution in [2.45, 2.75) is 19.8 Å².